The Bertz CT molecular complexity index is 1320. The molecule has 2 atom stereocenters. The Morgan fingerprint density at radius 2 is 1.81 bits per heavy atom. The predicted octanol–water partition coefficient (Wildman–Crippen LogP) is 2.65. The Kier molecular flexibility index (Phi) is 7.24. The first-order chi connectivity index (χ1) is 17.9. The zero-order chi connectivity index (χ0) is 26.0. The molecule has 0 amide bonds. The number of benzene rings is 1. The Labute approximate surface area is 214 Å². The average Bonchev–Trinajstić information content (AvgIpc) is 3.58. The van der Waals surface area contributed by atoms with E-state index in [0.29, 0.717) is 55.0 Å². The van der Waals surface area contributed by atoms with Crippen LogP contribution in [-0.4, -0.2) is 72.3 Å². The predicted molar refractivity (Wildman–Crippen MR) is 132 cm³/mol. The van der Waals surface area contributed by atoms with Crippen LogP contribution in [0.5, 0.6) is 11.5 Å². The van der Waals surface area contributed by atoms with E-state index >= 15 is 0 Å². The lowest BCUT2D eigenvalue weighted by molar-refractivity contribution is 0.103. The van der Waals surface area contributed by atoms with Gasteiger partial charge in [0.15, 0.2) is 27.3 Å². The lowest BCUT2D eigenvalue weighted by Crippen LogP contribution is -2.43. The number of anilines is 1. The van der Waals surface area contributed by atoms with Crippen LogP contribution in [0.1, 0.15) is 43.4 Å². The Balaban J connectivity index is 1.50. The minimum absolute atomic E-state index is 0.207. The number of para-hydroxylation sites is 1. The Morgan fingerprint density at radius 3 is 2.46 bits per heavy atom. The number of methoxy groups -OCH3 is 2. The smallest absolute Gasteiger partial charge is 0.225 e. The number of sulfone groups is 1. The average molecular weight is 533 g/mol. The largest absolute Gasteiger partial charge is 0.494 e. The van der Waals surface area contributed by atoms with Gasteiger partial charge in [-0.05, 0) is 37.8 Å². The fourth-order valence-electron chi connectivity index (χ4n) is 4.89. The van der Waals surface area contributed by atoms with Crippen LogP contribution < -0.4 is 14.4 Å². The van der Waals surface area contributed by atoms with Gasteiger partial charge in [-0.15, -0.1) is 10.2 Å². The topological polar surface area (TPSA) is 122 Å². The fraction of sp³-hybridized carbons (Fsp3) is 0.500. The van der Waals surface area contributed by atoms with E-state index in [4.69, 9.17) is 14.2 Å². The van der Waals surface area contributed by atoms with Crippen molar-refractivity contribution in [2.45, 2.75) is 42.8 Å². The Hall–Kier alpha value is -3.32. The van der Waals surface area contributed by atoms with Crippen LogP contribution in [0.4, 0.5) is 10.3 Å². The van der Waals surface area contributed by atoms with Crippen molar-refractivity contribution in [3.63, 3.8) is 0 Å². The second-order valence-electron chi connectivity index (χ2n) is 9.04. The molecule has 4 heterocycles. The highest BCUT2D eigenvalue weighted by Crippen LogP contribution is 2.38. The summed E-state index contributed by atoms with van der Waals surface area (Å²) in [6, 6.07) is 5.34. The van der Waals surface area contributed by atoms with Gasteiger partial charge in [0.05, 0.1) is 31.9 Å². The fourth-order valence-corrected chi connectivity index (χ4v) is 6.60. The molecule has 0 N–H and O–H groups in total. The number of nitrogens with zero attached hydrogens (tertiary/aromatic N) is 6. The molecule has 0 unspecified atom stereocenters. The lowest BCUT2D eigenvalue weighted by Gasteiger charge is -2.32. The number of hydrogen-bond donors (Lipinski definition) is 0. The number of ether oxygens (including phenoxy) is 3. The summed E-state index contributed by atoms with van der Waals surface area (Å²) in [7, 11) is -0.601. The van der Waals surface area contributed by atoms with E-state index in [0.717, 1.165) is 25.2 Å². The van der Waals surface area contributed by atoms with Crippen molar-refractivity contribution in [1.29, 1.82) is 0 Å². The first kappa shape index (κ1) is 25.3. The maximum absolute atomic E-state index is 13.7. The number of hydrogen-bond acceptors (Lipinski definition) is 10. The third-order valence-electron chi connectivity index (χ3n) is 6.70. The van der Waals surface area contributed by atoms with Crippen LogP contribution in [0, 0.1) is 5.82 Å². The molecule has 0 radical (unpaired) electrons. The van der Waals surface area contributed by atoms with Crippen molar-refractivity contribution in [3.05, 3.63) is 48.1 Å². The zero-order valence-electron chi connectivity index (χ0n) is 20.7. The molecule has 2 saturated heterocycles. The van der Waals surface area contributed by atoms with Crippen molar-refractivity contribution < 1.29 is 27.0 Å². The molecule has 3 aromatic rings. The molecule has 5 rings (SSSR count). The van der Waals surface area contributed by atoms with Gasteiger partial charge >= 0.3 is 0 Å². The molecule has 2 fully saturated rings. The molecule has 0 aliphatic carbocycles. The highest BCUT2D eigenvalue weighted by atomic mass is 32.2. The normalized spacial score (nSPS) is 20.2. The van der Waals surface area contributed by atoms with Crippen LogP contribution >= 0.6 is 0 Å². The first-order valence-corrected chi connectivity index (χ1v) is 13.8. The highest BCUT2D eigenvalue weighted by Gasteiger charge is 2.35. The molecular formula is C24H29FN6O5S. The van der Waals surface area contributed by atoms with E-state index in [1.165, 1.54) is 0 Å². The van der Waals surface area contributed by atoms with Gasteiger partial charge in [-0.1, -0.05) is 6.07 Å². The quantitative estimate of drug-likeness (QED) is 0.428. The van der Waals surface area contributed by atoms with Gasteiger partial charge in [0.25, 0.3) is 0 Å². The van der Waals surface area contributed by atoms with E-state index in [1.54, 1.807) is 41.9 Å². The van der Waals surface area contributed by atoms with Crippen LogP contribution in [0.25, 0.3) is 5.69 Å². The maximum atomic E-state index is 13.7. The monoisotopic (exact) mass is 532 g/mol. The van der Waals surface area contributed by atoms with E-state index in [9.17, 15) is 12.8 Å². The van der Waals surface area contributed by atoms with Crippen molar-refractivity contribution in [3.8, 4) is 17.2 Å². The molecule has 37 heavy (non-hydrogen) atoms. The zero-order valence-corrected chi connectivity index (χ0v) is 21.5. The van der Waals surface area contributed by atoms with Crippen LogP contribution in [-0.2, 0) is 20.3 Å². The summed E-state index contributed by atoms with van der Waals surface area (Å²) in [4.78, 5) is 9.81. The van der Waals surface area contributed by atoms with Gasteiger partial charge in [0.2, 0.25) is 5.95 Å². The molecule has 2 aromatic heterocycles. The molecule has 1 aromatic carbocycles. The van der Waals surface area contributed by atoms with Gasteiger partial charge < -0.3 is 19.1 Å². The number of halogens is 1. The van der Waals surface area contributed by atoms with Crippen LogP contribution in [0.15, 0.2) is 30.6 Å². The highest BCUT2D eigenvalue weighted by molar-refractivity contribution is 7.91. The van der Waals surface area contributed by atoms with Crippen molar-refractivity contribution >= 4 is 15.8 Å². The third kappa shape index (κ3) is 5.10. The van der Waals surface area contributed by atoms with Crippen LogP contribution in [0.2, 0.25) is 0 Å². The molecule has 0 saturated carbocycles. The van der Waals surface area contributed by atoms with Crippen LogP contribution in [0.3, 0.4) is 0 Å². The summed E-state index contributed by atoms with van der Waals surface area (Å²) in [5, 5.41) is 8.01. The summed E-state index contributed by atoms with van der Waals surface area (Å²) in [6.45, 7) is 1.39. The maximum Gasteiger partial charge on any atom is 0.225 e. The summed E-state index contributed by atoms with van der Waals surface area (Å²) in [6.07, 6.45) is 4.59. The van der Waals surface area contributed by atoms with Crippen molar-refractivity contribution in [1.82, 2.24) is 24.7 Å². The summed E-state index contributed by atoms with van der Waals surface area (Å²) < 4.78 is 59.5. The van der Waals surface area contributed by atoms with Gasteiger partial charge in [0.1, 0.15) is 29.0 Å². The molecule has 13 heteroatoms. The minimum Gasteiger partial charge on any atom is -0.494 e. The van der Waals surface area contributed by atoms with Gasteiger partial charge in [0, 0.05) is 19.7 Å². The number of rotatable bonds is 8. The summed E-state index contributed by atoms with van der Waals surface area (Å²) in [5.74, 6) is 1.18. The van der Waals surface area contributed by atoms with E-state index in [1.807, 2.05) is 0 Å². The van der Waals surface area contributed by atoms with Gasteiger partial charge in [-0.25, -0.2) is 22.8 Å². The molecule has 198 valence electrons. The van der Waals surface area contributed by atoms with Gasteiger partial charge in [-0.2, -0.15) is 0 Å². The second kappa shape index (κ2) is 10.6. The molecule has 0 spiro atoms. The van der Waals surface area contributed by atoms with Crippen molar-refractivity contribution in [2.75, 3.05) is 38.8 Å². The lowest BCUT2D eigenvalue weighted by atomic mass is 10.1. The Morgan fingerprint density at radius 1 is 1.08 bits per heavy atom. The first-order valence-electron chi connectivity index (χ1n) is 12.1. The van der Waals surface area contributed by atoms with Crippen molar-refractivity contribution in [2.24, 2.45) is 0 Å². The third-order valence-corrected chi connectivity index (χ3v) is 8.77. The minimum atomic E-state index is -3.68. The SMILES string of the molecule is COc1cccc(OC)c1-n1c(CS(=O)(=O)[C@@H]2CCCN(c3ncc(F)cn3)C2)nnc1[C@@H]1CCCO1. The molecule has 0 bridgehead atoms. The van der Waals surface area contributed by atoms with E-state index in [-0.39, 0.29) is 24.2 Å². The molecule has 2 aliphatic rings. The molecule has 2 aliphatic heterocycles. The number of piperidine rings is 1. The van der Waals surface area contributed by atoms with Gasteiger partial charge in [-0.3, -0.25) is 4.57 Å². The van der Waals surface area contributed by atoms with E-state index in [2.05, 4.69) is 20.2 Å². The van der Waals surface area contributed by atoms with E-state index < -0.39 is 20.9 Å². The number of aromatic nitrogens is 5. The standard InChI is InChI=1S/C24H29FN6O5S/c1-34-18-7-3-8-19(35-2)22(18)31-21(28-29-23(31)20-9-5-11-36-20)15-37(32,33)17-6-4-10-30(14-17)24-26-12-16(25)13-27-24/h3,7-8,12-13,17,20H,4-6,9-11,14-15H2,1-2H3/t17-,20+/m1/s1. The second-order valence-corrected chi connectivity index (χ2v) is 11.3. The molecular weight excluding hydrogens is 503 g/mol. The summed E-state index contributed by atoms with van der Waals surface area (Å²) in [5.41, 5.74) is 0.526. The summed E-state index contributed by atoms with van der Waals surface area (Å²) >= 11 is 0. The molecule has 11 nitrogen and oxygen atoms in total.